The van der Waals surface area contributed by atoms with Gasteiger partial charge in [0.15, 0.2) is 0 Å². The van der Waals surface area contributed by atoms with Gasteiger partial charge in [-0.15, -0.1) is 0 Å². The summed E-state index contributed by atoms with van der Waals surface area (Å²) in [6.07, 6.45) is 2.59. The lowest BCUT2D eigenvalue weighted by molar-refractivity contribution is -0.146. The van der Waals surface area contributed by atoms with Gasteiger partial charge in [0.1, 0.15) is 12.1 Å². The van der Waals surface area contributed by atoms with Crippen molar-refractivity contribution in [3.05, 3.63) is 65.7 Å². The Bertz CT molecular complexity index is 1350. The first-order chi connectivity index (χ1) is 19.5. The molecule has 3 N–H and O–H groups in total. The van der Waals surface area contributed by atoms with Gasteiger partial charge >= 0.3 is 0 Å². The van der Waals surface area contributed by atoms with Crippen molar-refractivity contribution in [1.82, 2.24) is 25.2 Å². The number of aryl methyl sites for hydroxylation is 1. The molecule has 0 spiro atoms. The number of hydrogen-bond donors (Lipinski definition) is 3. The summed E-state index contributed by atoms with van der Waals surface area (Å²) < 4.78 is 28.3. The van der Waals surface area contributed by atoms with E-state index in [0.717, 1.165) is 24.8 Å². The quantitative estimate of drug-likeness (QED) is 0.413. The van der Waals surface area contributed by atoms with Crippen LogP contribution in [0.25, 0.3) is 0 Å². The minimum atomic E-state index is -3.89. The maximum Gasteiger partial charge on any atom is 0.246 e. The number of sulfonamides is 1. The van der Waals surface area contributed by atoms with Crippen molar-refractivity contribution in [2.75, 3.05) is 26.7 Å². The number of carbonyl (C=O) groups excluding carboxylic acids is 3. The third-order valence-corrected chi connectivity index (χ3v) is 9.93. The van der Waals surface area contributed by atoms with Crippen LogP contribution in [0.2, 0.25) is 0 Å². The third-order valence-electron chi connectivity index (χ3n) is 8.05. The minimum Gasteiger partial charge on any atom is -0.347 e. The summed E-state index contributed by atoms with van der Waals surface area (Å²) in [4.78, 5) is 42.2. The van der Waals surface area contributed by atoms with Crippen molar-refractivity contribution in [3.8, 4) is 0 Å². The molecule has 1 fully saturated rings. The molecular formula is C30H41N5O5S. The average Bonchev–Trinajstić information content (AvgIpc) is 2.99. The van der Waals surface area contributed by atoms with Crippen LogP contribution in [0.15, 0.2) is 59.5 Å². The molecule has 0 bridgehead atoms. The number of rotatable bonds is 9. The predicted octanol–water partition coefficient (Wildman–Crippen LogP) is 1.83. The monoisotopic (exact) mass is 583 g/mol. The average molecular weight is 584 g/mol. The zero-order valence-electron chi connectivity index (χ0n) is 24.2. The standard InChI is InChI=1S/C30H41N5O5S/c1-20(2)27(33-28(36)21(3)31-4)30(38)35-18-17-34(41(39,40)23-13-6-5-7-14-23)19-26(35)29(37)32-25-16-10-12-22-11-8-9-15-24(22)25/h5-9,11,13-15,20-21,25-27,31H,10,12,16-19H2,1-4H3,(H,32,37)(H,33,36)/t21-,25?,26-,27-/m0/s1. The van der Waals surface area contributed by atoms with Crippen molar-refractivity contribution in [2.45, 2.75) is 69.1 Å². The number of hydrogen-bond acceptors (Lipinski definition) is 6. The highest BCUT2D eigenvalue weighted by Gasteiger charge is 2.43. The van der Waals surface area contributed by atoms with Gasteiger partial charge in [0.05, 0.1) is 17.0 Å². The lowest BCUT2D eigenvalue weighted by Crippen LogP contribution is -2.65. The maximum atomic E-state index is 14.0. The number of likely N-dealkylation sites (N-methyl/N-ethyl adjacent to an activating group) is 1. The van der Waals surface area contributed by atoms with E-state index >= 15 is 0 Å². The predicted molar refractivity (Wildman–Crippen MR) is 156 cm³/mol. The second-order valence-electron chi connectivity index (χ2n) is 11.1. The Kier molecular flexibility index (Phi) is 9.83. The molecule has 4 atom stereocenters. The van der Waals surface area contributed by atoms with E-state index < -0.39 is 40.0 Å². The normalized spacial score (nSPS) is 21.0. The summed E-state index contributed by atoms with van der Waals surface area (Å²) >= 11 is 0. The fourth-order valence-electron chi connectivity index (χ4n) is 5.48. The molecule has 0 saturated carbocycles. The van der Waals surface area contributed by atoms with Crippen molar-refractivity contribution < 1.29 is 22.8 Å². The van der Waals surface area contributed by atoms with Gasteiger partial charge in [-0.3, -0.25) is 14.4 Å². The summed E-state index contributed by atoms with van der Waals surface area (Å²) in [5.74, 6) is -1.40. The van der Waals surface area contributed by atoms with Crippen LogP contribution in [-0.4, -0.2) is 80.2 Å². The van der Waals surface area contributed by atoms with E-state index in [1.54, 1.807) is 32.2 Å². The molecule has 1 unspecified atom stereocenters. The molecule has 2 aliphatic rings. The van der Waals surface area contributed by atoms with E-state index in [9.17, 15) is 22.8 Å². The van der Waals surface area contributed by atoms with Crippen LogP contribution in [0.5, 0.6) is 0 Å². The number of amides is 3. The van der Waals surface area contributed by atoms with Gasteiger partial charge in [-0.2, -0.15) is 4.31 Å². The van der Waals surface area contributed by atoms with Gasteiger partial charge in [0, 0.05) is 19.6 Å². The zero-order chi connectivity index (χ0) is 29.7. The van der Waals surface area contributed by atoms with Crippen molar-refractivity contribution >= 4 is 27.7 Å². The van der Waals surface area contributed by atoms with Crippen molar-refractivity contribution in [2.24, 2.45) is 5.92 Å². The number of fused-ring (bicyclic) bond motifs is 1. The Hall–Kier alpha value is -3.28. The summed E-state index contributed by atoms with van der Waals surface area (Å²) in [7, 11) is -2.23. The second kappa shape index (κ2) is 13.1. The lowest BCUT2D eigenvalue weighted by atomic mass is 9.87. The molecule has 1 heterocycles. The van der Waals surface area contributed by atoms with Gasteiger partial charge < -0.3 is 20.9 Å². The van der Waals surface area contributed by atoms with E-state index in [0.29, 0.717) is 0 Å². The molecule has 11 heteroatoms. The van der Waals surface area contributed by atoms with E-state index in [1.165, 1.54) is 26.9 Å². The molecular weight excluding hydrogens is 542 g/mol. The van der Waals surface area contributed by atoms with Crippen LogP contribution in [0.3, 0.4) is 0 Å². The van der Waals surface area contributed by atoms with Crippen LogP contribution >= 0.6 is 0 Å². The molecule has 41 heavy (non-hydrogen) atoms. The highest BCUT2D eigenvalue weighted by molar-refractivity contribution is 7.89. The molecule has 4 rings (SSSR count). The van der Waals surface area contributed by atoms with Crippen LogP contribution < -0.4 is 16.0 Å². The van der Waals surface area contributed by atoms with Crippen LogP contribution in [0.4, 0.5) is 0 Å². The molecule has 3 amide bonds. The van der Waals surface area contributed by atoms with E-state index in [4.69, 9.17) is 0 Å². The number of nitrogens with one attached hydrogen (secondary N) is 3. The second-order valence-corrected chi connectivity index (χ2v) is 13.1. The topological polar surface area (TPSA) is 128 Å². The van der Waals surface area contributed by atoms with Gasteiger partial charge in [0.25, 0.3) is 0 Å². The summed E-state index contributed by atoms with van der Waals surface area (Å²) in [5.41, 5.74) is 2.22. The zero-order valence-corrected chi connectivity index (χ0v) is 25.0. The van der Waals surface area contributed by atoms with Crippen LogP contribution in [0, 0.1) is 5.92 Å². The van der Waals surface area contributed by atoms with E-state index in [1.807, 2.05) is 32.0 Å². The Morgan fingerprint density at radius 2 is 1.63 bits per heavy atom. The summed E-state index contributed by atoms with van der Waals surface area (Å²) in [5, 5.41) is 8.83. The fourth-order valence-corrected chi connectivity index (χ4v) is 6.94. The first-order valence-electron chi connectivity index (χ1n) is 14.3. The smallest absolute Gasteiger partial charge is 0.246 e. The Labute approximate surface area is 242 Å². The van der Waals surface area contributed by atoms with Crippen molar-refractivity contribution in [3.63, 3.8) is 0 Å². The Morgan fingerprint density at radius 3 is 2.32 bits per heavy atom. The molecule has 0 aromatic heterocycles. The highest BCUT2D eigenvalue weighted by Crippen LogP contribution is 2.30. The molecule has 2 aromatic carbocycles. The summed E-state index contributed by atoms with van der Waals surface area (Å²) in [6, 6.07) is 13.4. The Morgan fingerprint density at radius 1 is 0.951 bits per heavy atom. The first kappa shape index (κ1) is 30.7. The lowest BCUT2D eigenvalue weighted by Gasteiger charge is -2.42. The number of benzene rings is 2. The van der Waals surface area contributed by atoms with Crippen molar-refractivity contribution in [1.29, 1.82) is 0 Å². The largest absolute Gasteiger partial charge is 0.347 e. The van der Waals surface area contributed by atoms with Gasteiger partial charge in [-0.1, -0.05) is 56.3 Å². The molecule has 1 aliphatic carbocycles. The molecule has 1 saturated heterocycles. The number of piperazine rings is 1. The Balaban J connectivity index is 1.63. The van der Waals surface area contributed by atoms with Crippen LogP contribution in [0.1, 0.15) is 50.8 Å². The summed E-state index contributed by atoms with van der Waals surface area (Å²) in [6.45, 7) is 5.22. The van der Waals surface area contributed by atoms with E-state index in [2.05, 4.69) is 22.0 Å². The van der Waals surface area contributed by atoms with Crippen LogP contribution in [-0.2, 0) is 30.8 Å². The maximum absolute atomic E-state index is 14.0. The minimum absolute atomic E-state index is 0.0188. The van der Waals surface area contributed by atoms with Gasteiger partial charge in [0.2, 0.25) is 27.7 Å². The number of carbonyl (C=O) groups is 3. The number of nitrogens with zero attached hydrogens (tertiary/aromatic N) is 2. The third kappa shape index (κ3) is 6.79. The fraction of sp³-hybridized carbons (Fsp3) is 0.500. The first-order valence-corrected chi connectivity index (χ1v) is 15.7. The van der Waals surface area contributed by atoms with Gasteiger partial charge in [-0.25, -0.2) is 8.42 Å². The molecule has 0 radical (unpaired) electrons. The van der Waals surface area contributed by atoms with E-state index in [-0.39, 0.29) is 42.4 Å². The molecule has 222 valence electrons. The SMILES string of the molecule is CN[C@@H](C)C(=O)N[C@H](C(=O)N1CCN(S(=O)(=O)c2ccccc2)C[C@H]1C(=O)NC1CCCc2ccccc21)C(C)C. The molecule has 2 aromatic rings. The van der Waals surface area contributed by atoms with Gasteiger partial charge in [-0.05, 0) is 62.4 Å². The molecule has 10 nitrogen and oxygen atoms in total. The molecule has 1 aliphatic heterocycles. The highest BCUT2D eigenvalue weighted by atomic mass is 32.2.